The van der Waals surface area contributed by atoms with Gasteiger partial charge in [-0.2, -0.15) is 0 Å². The molecule has 100 valence electrons. The first kappa shape index (κ1) is 13.6. The molecule has 2 aromatic rings. The van der Waals surface area contributed by atoms with Crippen molar-refractivity contribution in [2.75, 3.05) is 0 Å². The summed E-state index contributed by atoms with van der Waals surface area (Å²) in [6.45, 7) is 3.83. The molecular weight excluding hydrogens is 236 g/mol. The highest BCUT2D eigenvalue weighted by Gasteiger charge is 2.06. The van der Waals surface area contributed by atoms with E-state index in [1.165, 1.54) is 0 Å². The van der Waals surface area contributed by atoms with Crippen molar-refractivity contribution in [2.24, 2.45) is 0 Å². The molecule has 0 radical (unpaired) electrons. The van der Waals surface area contributed by atoms with Crippen LogP contribution in [0.5, 0.6) is 5.75 Å². The zero-order chi connectivity index (χ0) is 13.7. The van der Waals surface area contributed by atoms with Gasteiger partial charge in [0.15, 0.2) is 0 Å². The van der Waals surface area contributed by atoms with Crippen LogP contribution in [0.15, 0.2) is 54.6 Å². The smallest absolute Gasteiger partial charge is 0.121 e. The third-order valence-corrected chi connectivity index (χ3v) is 3.04. The van der Waals surface area contributed by atoms with Gasteiger partial charge in [-0.05, 0) is 43.5 Å². The molecule has 0 bridgehead atoms. The largest absolute Gasteiger partial charge is 0.486 e. The Morgan fingerprint density at radius 1 is 0.947 bits per heavy atom. The minimum Gasteiger partial charge on any atom is -0.486 e. The second-order valence-corrected chi connectivity index (χ2v) is 4.87. The Bertz CT molecular complexity index is 488. The molecule has 0 aliphatic heterocycles. The highest BCUT2D eigenvalue weighted by Crippen LogP contribution is 2.22. The van der Waals surface area contributed by atoms with Crippen molar-refractivity contribution < 1.29 is 9.84 Å². The van der Waals surface area contributed by atoms with E-state index in [1.807, 2.05) is 49.4 Å². The highest BCUT2D eigenvalue weighted by atomic mass is 16.5. The molecule has 0 amide bonds. The zero-order valence-electron chi connectivity index (χ0n) is 11.4. The molecule has 0 heterocycles. The molecule has 2 atom stereocenters. The third-order valence-electron chi connectivity index (χ3n) is 3.04. The van der Waals surface area contributed by atoms with Gasteiger partial charge < -0.3 is 9.84 Å². The van der Waals surface area contributed by atoms with Gasteiger partial charge in [0.2, 0.25) is 0 Å². The quantitative estimate of drug-likeness (QED) is 0.882. The SMILES string of the molecule is CC(O)Cc1ccc(OC(C)c2ccccc2)cc1. The summed E-state index contributed by atoms with van der Waals surface area (Å²) in [6.07, 6.45) is 0.396. The maximum absolute atomic E-state index is 9.34. The maximum atomic E-state index is 9.34. The summed E-state index contributed by atoms with van der Waals surface area (Å²) < 4.78 is 5.90. The number of aliphatic hydroxyl groups excluding tert-OH is 1. The Morgan fingerprint density at radius 2 is 1.58 bits per heavy atom. The predicted molar refractivity (Wildman–Crippen MR) is 77.3 cm³/mol. The van der Waals surface area contributed by atoms with E-state index in [2.05, 4.69) is 12.1 Å². The van der Waals surface area contributed by atoms with Gasteiger partial charge in [0, 0.05) is 0 Å². The van der Waals surface area contributed by atoms with Crippen LogP contribution in [0.3, 0.4) is 0 Å². The van der Waals surface area contributed by atoms with Crippen LogP contribution in [0.2, 0.25) is 0 Å². The fourth-order valence-corrected chi connectivity index (χ4v) is 2.04. The van der Waals surface area contributed by atoms with Crippen LogP contribution < -0.4 is 4.74 Å². The minimum atomic E-state index is -0.310. The molecule has 0 aromatic heterocycles. The third kappa shape index (κ3) is 4.11. The van der Waals surface area contributed by atoms with Gasteiger partial charge in [0.25, 0.3) is 0 Å². The van der Waals surface area contributed by atoms with E-state index in [0.29, 0.717) is 6.42 Å². The van der Waals surface area contributed by atoms with Gasteiger partial charge >= 0.3 is 0 Å². The second kappa shape index (κ2) is 6.39. The molecule has 0 spiro atoms. The lowest BCUT2D eigenvalue weighted by molar-refractivity contribution is 0.195. The Labute approximate surface area is 114 Å². The second-order valence-electron chi connectivity index (χ2n) is 4.87. The van der Waals surface area contributed by atoms with Crippen molar-refractivity contribution in [3.63, 3.8) is 0 Å². The number of hydrogen-bond donors (Lipinski definition) is 1. The van der Waals surface area contributed by atoms with Crippen LogP contribution in [0.4, 0.5) is 0 Å². The van der Waals surface area contributed by atoms with Crippen molar-refractivity contribution in [3.8, 4) is 5.75 Å². The lowest BCUT2D eigenvalue weighted by Gasteiger charge is -2.15. The fraction of sp³-hybridized carbons (Fsp3) is 0.294. The van der Waals surface area contributed by atoms with E-state index < -0.39 is 0 Å². The van der Waals surface area contributed by atoms with Crippen LogP contribution in [0.25, 0.3) is 0 Å². The van der Waals surface area contributed by atoms with Gasteiger partial charge in [0.1, 0.15) is 11.9 Å². The Hall–Kier alpha value is -1.80. The monoisotopic (exact) mass is 256 g/mol. The summed E-state index contributed by atoms with van der Waals surface area (Å²) in [6, 6.07) is 18.1. The molecule has 0 aliphatic rings. The van der Waals surface area contributed by atoms with Crippen LogP contribution in [0.1, 0.15) is 31.1 Å². The van der Waals surface area contributed by atoms with Crippen molar-refractivity contribution >= 4 is 0 Å². The first-order chi connectivity index (χ1) is 9.15. The van der Waals surface area contributed by atoms with Gasteiger partial charge in [-0.1, -0.05) is 42.5 Å². The van der Waals surface area contributed by atoms with Gasteiger partial charge in [-0.3, -0.25) is 0 Å². The molecule has 0 aliphatic carbocycles. The van der Waals surface area contributed by atoms with E-state index >= 15 is 0 Å². The molecule has 2 rings (SSSR count). The average molecular weight is 256 g/mol. The lowest BCUT2D eigenvalue weighted by Crippen LogP contribution is -2.05. The van der Waals surface area contributed by atoms with E-state index in [-0.39, 0.29) is 12.2 Å². The molecule has 2 heteroatoms. The first-order valence-electron chi connectivity index (χ1n) is 6.64. The van der Waals surface area contributed by atoms with Gasteiger partial charge in [-0.25, -0.2) is 0 Å². The van der Waals surface area contributed by atoms with Crippen LogP contribution in [-0.4, -0.2) is 11.2 Å². The van der Waals surface area contributed by atoms with Crippen LogP contribution >= 0.6 is 0 Å². The molecule has 1 N–H and O–H groups in total. The van der Waals surface area contributed by atoms with Crippen molar-refractivity contribution in [1.82, 2.24) is 0 Å². The van der Waals surface area contributed by atoms with E-state index in [4.69, 9.17) is 4.74 Å². The van der Waals surface area contributed by atoms with Gasteiger partial charge in [0.05, 0.1) is 6.10 Å². The number of ether oxygens (including phenoxy) is 1. The summed E-state index contributed by atoms with van der Waals surface area (Å²) in [5.41, 5.74) is 2.28. The average Bonchev–Trinajstić information content (AvgIpc) is 2.41. The van der Waals surface area contributed by atoms with Crippen molar-refractivity contribution in [3.05, 3.63) is 65.7 Å². The maximum Gasteiger partial charge on any atom is 0.121 e. The van der Waals surface area contributed by atoms with Crippen molar-refractivity contribution in [1.29, 1.82) is 0 Å². The highest BCUT2D eigenvalue weighted by molar-refractivity contribution is 5.29. The topological polar surface area (TPSA) is 29.5 Å². The summed E-state index contributed by atoms with van der Waals surface area (Å²) in [4.78, 5) is 0. The Kier molecular flexibility index (Phi) is 4.58. The van der Waals surface area contributed by atoms with Crippen LogP contribution in [-0.2, 0) is 6.42 Å². The Balaban J connectivity index is 1.99. The zero-order valence-corrected chi connectivity index (χ0v) is 11.4. The minimum absolute atomic E-state index is 0.0313. The molecule has 2 aromatic carbocycles. The van der Waals surface area contributed by atoms with Gasteiger partial charge in [-0.15, -0.1) is 0 Å². The lowest BCUT2D eigenvalue weighted by atomic mass is 10.1. The molecule has 0 fully saturated rings. The number of benzene rings is 2. The van der Waals surface area contributed by atoms with E-state index in [9.17, 15) is 5.11 Å². The van der Waals surface area contributed by atoms with Crippen molar-refractivity contribution in [2.45, 2.75) is 32.5 Å². The summed E-state index contributed by atoms with van der Waals surface area (Å²) in [7, 11) is 0. The number of rotatable bonds is 5. The number of aliphatic hydroxyl groups is 1. The molecule has 2 nitrogen and oxygen atoms in total. The molecular formula is C17H20O2. The first-order valence-corrected chi connectivity index (χ1v) is 6.64. The summed E-state index contributed by atoms with van der Waals surface area (Å²) in [5.74, 6) is 0.852. The molecule has 0 saturated carbocycles. The van der Waals surface area contributed by atoms with E-state index in [0.717, 1.165) is 16.9 Å². The molecule has 2 unspecified atom stereocenters. The fourth-order valence-electron chi connectivity index (χ4n) is 2.04. The molecule has 0 saturated heterocycles. The summed E-state index contributed by atoms with van der Waals surface area (Å²) in [5, 5.41) is 9.34. The summed E-state index contributed by atoms with van der Waals surface area (Å²) >= 11 is 0. The van der Waals surface area contributed by atoms with E-state index in [1.54, 1.807) is 6.92 Å². The standard InChI is InChI=1S/C17H20O2/c1-13(18)12-15-8-10-17(11-9-15)19-14(2)16-6-4-3-5-7-16/h3-11,13-14,18H,12H2,1-2H3. The normalized spacial score (nSPS) is 13.8. The molecule has 19 heavy (non-hydrogen) atoms. The predicted octanol–water partition coefficient (Wildman–Crippen LogP) is 3.75. The Morgan fingerprint density at radius 3 is 2.16 bits per heavy atom. The number of hydrogen-bond acceptors (Lipinski definition) is 2. The van der Waals surface area contributed by atoms with Crippen LogP contribution in [0, 0.1) is 0 Å².